The van der Waals surface area contributed by atoms with E-state index in [0.29, 0.717) is 33.8 Å². The number of nitrogens with one attached hydrogen (secondary N) is 2. The number of aromatic nitrogens is 3. The van der Waals surface area contributed by atoms with Crippen LogP contribution in [0.25, 0.3) is 0 Å². The van der Waals surface area contributed by atoms with Gasteiger partial charge in [0.25, 0.3) is 5.91 Å². The molecule has 0 aliphatic carbocycles. The van der Waals surface area contributed by atoms with Gasteiger partial charge in [-0.25, -0.2) is 9.97 Å². The number of para-hydroxylation sites is 1. The fourth-order valence-corrected chi connectivity index (χ4v) is 2.50. The zero-order valence-corrected chi connectivity index (χ0v) is 14.4. The van der Waals surface area contributed by atoms with Gasteiger partial charge in [0.05, 0.1) is 33.5 Å². The molecule has 2 N–H and O–H groups in total. The monoisotopic (exact) mass is 373 g/mol. The number of anilines is 2. The van der Waals surface area contributed by atoms with Crippen molar-refractivity contribution in [1.82, 2.24) is 15.0 Å². The van der Waals surface area contributed by atoms with Crippen molar-refractivity contribution in [2.24, 2.45) is 0 Å². The summed E-state index contributed by atoms with van der Waals surface area (Å²) in [5.41, 5.74) is 1.51. The molecule has 0 spiro atoms. The second kappa shape index (κ2) is 7.92. The molecule has 0 radical (unpaired) electrons. The molecule has 8 heteroatoms. The van der Waals surface area contributed by atoms with Crippen LogP contribution in [0.4, 0.5) is 11.6 Å². The number of amides is 1. The average Bonchev–Trinajstić information content (AvgIpc) is 2.64. The highest BCUT2D eigenvalue weighted by Crippen LogP contribution is 2.30. The quantitative estimate of drug-likeness (QED) is 0.705. The number of halogens is 2. The molecule has 2 heterocycles. The minimum atomic E-state index is -0.397. The van der Waals surface area contributed by atoms with E-state index in [1.807, 2.05) is 18.2 Å². The van der Waals surface area contributed by atoms with Gasteiger partial charge in [-0.05, 0) is 24.3 Å². The molecule has 0 bridgehead atoms. The van der Waals surface area contributed by atoms with Gasteiger partial charge in [-0.15, -0.1) is 0 Å². The molecule has 3 aromatic rings. The molecule has 1 aromatic carbocycles. The van der Waals surface area contributed by atoms with Gasteiger partial charge >= 0.3 is 0 Å². The Morgan fingerprint density at radius 3 is 2.32 bits per heavy atom. The molecular formula is C17H13Cl2N5O. The van der Waals surface area contributed by atoms with Gasteiger partial charge in [-0.2, -0.15) is 0 Å². The Bertz CT molecular complexity index is 852. The number of hydrogen-bond acceptors (Lipinski definition) is 5. The van der Waals surface area contributed by atoms with E-state index in [4.69, 9.17) is 23.2 Å². The normalized spacial score (nSPS) is 10.3. The van der Waals surface area contributed by atoms with E-state index in [9.17, 15) is 4.79 Å². The summed E-state index contributed by atoms with van der Waals surface area (Å²) in [4.78, 5) is 24.7. The molecule has 0 fully saturated rings. The molecule has 1 amide bonds. The van der Waals surface area contributed by atoms with Crippen LogP contribution in [0.15, 0.2) is 55.0 Å². The van der Waals surface area contributed by atoms with E-state index in [0.717, 1.165) is 5.69 Å². The van der Waals surface area contributed by atoms with Crippen molar-refractivity contribution in [1.29, 1.82) is 0 Å². The summed E-state index contributed by atoms with van der Waals surface area (Å²) in [6.45, 7) is 0.488. The minimum Gasteiger partial charge on any atom is -0.349 e. The fraction of sp³-hybridized carbons (Fsp3) is 0.0588. The molecule has 0 aliphatic rings. The van der Waals surface area contributed by atoms with Crippen molar-refractivity contribution >= 4 is 40.7 Å². The maximum absolute atomic E-state index is 12.3. The Kier molecular flexibility index (Phi) is 5.42. The van der Waals surface area contributed by atoms with Crippen molar-refractivity contribution in [3.05, 3.63) is 76.3 Å². The van der Waals surface area contributed by atoms with Gasteiger partial charge in [-0.1, -0.05) is 35.3 Å². The van der Waals surface area contributed by atoms with Crippen molar-refractivity contribution in [2.75, 3.05) is 10.6 Å². The van der Waals surface area contributed by atoms with E-state index < -0.39 is 5.91 Å². The Hall–Kier alpha value is -2.70. The topological polar surface area (TPSA) is 79.8 Å². The lowest BCUT2D eigenvalue weighted by Crippen LogP contribution is -2.14. The summed E-state index contributed by atoms with van der Waals surface area (Å²) < 4.78 is 0. The molecule has 25 heavy (non-hydrogen) atoms. The van der Waals surface area contributed by atoms with Crippen LogP contribution in [0.2, 0.25) is 10.0 Å². The molecule has 2 aromatic heterocycles. The Morgan fingerprint density at radius 1 is 0.960 bits per heavy atom. The first kappa shape index (κ1) is 17.1. The molecule has 0 atom stereocenters. The lowest BCUT2D eigenvalue weighted by molar-refractivity contribution is 0.102. The first-order valence-electron chi connectivity index (χ1n) is 7.34. The zero-order chi connectivity index (χ0) is 17.6. The van der Waals surface area contributed by atoms with Crippen molar-refractivity contribution in [3.8, 4) is 0 Å². The fourth-order valence-electron chi connectivity index (χ4n) is 2.01. The Labute approximate surface area is 154 Å². The number of carbonyl (C=O) groups excluding carboxylic acids is 1. The van der Waals surface area contributed by atoms with Crippen LogP contribution in [0.5, 0.6) is 0 Å². The van der Waals surface area contributed by atoms with Gasteiger partial charge in [0.1, 0.15) is 0 Å². The average molecular weight is 374 g/mol. The smallest absolute Gasteiger partial charge is 0.258 e. The highest BCUT2D eigenvalue weighted by molar-refractivity contribution is 6.40. The summed E-state index contributed by atoms with van der Waals surface area (Å²) in [5, 5.41) is 6.41. The standard InChI is InChI=1S/C17H13Cl2N5O/c18-13-5-3-6-14(19)15(13)24-16(25)11-8-21-17(22-9-11)23-10-12-4-1-2-7-20-12/h1-9H,10H2,(H,24,25)(H,21,22,23). The third-order valence-electron chi connectivity index (χ3n) is 3.27. The number of carbonyl (C=O) groups is 1. The SMILES string of the molecule is O=C(Nc1c(Cl)cccc1Cl)c1cnc(NCc2ccccn2)nc1. The summed E-state index contributed by atoms with van der Waals surface area (Å²) in [6.07, 6.45) is 4.56. The van der Waals surface area contributed by atoms with E-state index in [1.54, 1.807) is 24.4 Å². The second-order valence-electron chi connectivity index (χ2n) is 5.02. The van der Waals surface area contributed by atoms with Gasteiger partial charge in [-0.3, -0.25) is 9.78 Å². The van der Waals surface area contributed by atoms with E-state index >= 15 is 0 Å². The Balaban J connectivity index is 1.64. The molecule has 6 nitrogen and oxygen atoms in total. The minimum absolute atomic E-state index is 0.291. The summed E-state index contributed by atoms with van der Waals surface area (Å²) in [6, 6.07) is 10.6. The Morgan fingerprint density at radius 2 is 1.68 bits per heavy atom. The summed E-state index contributed by atoms with van der Waals surface area (Å²) >= 11 is 12.1. The van der Waals surface area contributed by atoms with Crippen molar-refractivity contribution < 1.29 is 4.79 Å². The number of nitrogens with zero attached hydrogens (tertiary/aromatic N) is 3. The molecule has 3 rings (SSSR count). The van der Waals surface area contributed by atoms with E-state index in [-0.39, 0.29) is 0 Å². The lowest BCUT2D eigenvalue weighted by atomic mass is 10.2. The number of pyridine rings is 1. The maximum atomic E-state index is 12.3. The van der Waals surface area contributed by atoms with Crippen molar-refractivity contribution in [3.63, 3.8) is 0 Å². The molecule has 0 unspecified atom stereocenters. The van der Waals surface area contributed by atoms with Crippen LogP contribution in [-0.4, -0.2) is 20.9 Å². The molecule has 0 saturated carbocycles. The molecule has 0 saturated heterocycles. The van der Waals surface area contributed by atoms with E-state index in [1.165, 1.54) is 12.4 Å². The number of rotatable bonds is 5. The third-order valence-corrected chi connectivity index (χ3v) is 3.90. The van der Waals surface area contributed by atoms with Crippen LogP contribution in [0.3, 0.4) is 0 Å². The molecule has 126 valence electrons. The maximum Gasteiger partial charge on any atom is 0.258 e. The highest BCUT2D eigenvalue weighted by atomic mass is 35.5. The third kappa shape index (κ3) is 4.43. The summed E-state index contributed by atoms with van der Waals surface area (Å²) in [5.74, 6) is 0.00394. The van der Waals surface area contributed by atoms with Crippen LogP contribution >= 0.6 is 23.2 Å². The molecular weight excluding hydrogens is 361 g/mol. The number of benzene rings is 1. The van der Waals surface area contributed by atoms with Gasteiger partial charge in [0.2, 0.25) is 5.95 Å². The van der Waals surface area contributed by atoms with Crippen LogP contribution < -0.4 is 10.6 Å². The lowest BCUT2D eigenvalue weighted by Gasteiger charge is -2.09. The highest BCUT2D eigenvalue weighted by Gasteiger charge is 2.12. The summed E-state index contributed by atoms with van der Waals surface area (Å²) in [7, 11) is 0. The van der Waals surface area contributed by atoms with Gasteiger partial charge in [0, 0.05) is 18.6 Å². The first-order chi connectivity index (χ1) is 12.1. The second-order valence-corrected chi connectivity index (χ2v) is 5.84. The molecule has 0 aliphatic heterocycles. The van der Waals surface area contributed by atoms with Gasteiger partial charge in [0.15, 0.2) is 0 Å². The van der Waals surface area contributed by atoms with Crippen LogP contribution in [0, 0.1) is 0 Å². The van der Waals surface area contributed by atoms with E-state index in [2.05, 4.69) is 25.6 Å². The predicted octanol–water partition coefficient (Wildman–Crippen LogP) is 4.04. The predicted molar refractivity (Wildman–Crippen MR) is 98.0 cm³/mol. The van der Waals surface area contributed by atoms with Crippen molar-refractivity contribution in [2.45, 2.75) is 6.54 Å². The largest absolute Gasteiger partial charge is 0.349 e. The first-order valence-corrected chi connectivity index (χ1v) is 8.10. The zero-order valence-electron chi connectivity index (χ0n) is 12.9. The van der Waals surface area contributed by atoms with Crippen LogP contribution in [0.1, 0.15) is 16.1 Å². The van der Waals surface area contributed by atoms with Gasteiger partial charge < -0.3 is 10.6 Å². The van der Waals surface area contributed by atoms with Crippen LogP contribution in [-0.2, 0) is 6.54 Å². The number of hydrogen-bond donors (Lipinski definition) is 2.